The number of amidine groups is 1. The smallest absolute Gasteiger partial charge is 0.244 e. The maximum Gasteiger partial charge on any atom is 0.244 e. The van der Waals surface area contributed by atoms with Gasteiger partial charge >= 0.3 is 0 Å². The molecule has 2 atom stereocenters. The van der Waals surface area contributed by atoms with Crippen molar-refractivity contribution in [2.24, 2.45) is 10.9 Å². The maximum atomic E-state index is 12.4. The highest BCUT2D eigenvalue weighted by Crippen LogP contribution is 2.22. The summed E-state index contributed by atoms with van der Waals surface area (Å²) in [7, 11) is 0. The fraction of sp³-hybridized carbons (Fsp3) is 0.867. The molecule has 0 aromatic heterocycles. The van der Waals surface area contributed by atoms with Crippen LogP contribution in [0.25, 0.3) is 0 Å². The van der Waals surface area contributed by atoms with E-state index in [1.807, 2.05) is 11.8 Å². The second-order valence-electron chi connectivity index (χ2n) is 6.13. The summed E-state index contributed by atoms with van der Waals surface area (Å²) in [6.45, 7) is 8.21. The molecule has 20 heavy (non-hydrogen) atoms. The lowest BCUT2D eigenvalue weighted by Crippen LogP contribution is -2.48. The van der Waals surface area contributed by atoms with Gasteiger partial charge in [-0.15, -0.1) is 0 Å². The summed E-state index contributed by atoms with van der Waals surface area (Å²) in [5.41, 5.74) is 0. The van der Waals surface area contributed by atoms with E-state index in [2.05, 4.69) is 19.2 Å². The number of nitrogens with zero attached hydrogens (tertiary/aromatic N) is 2. The van der Waals surface area contributed by atoms with E-state index in [4.69, 9.17) is 4.99 Å². The topological polar surface area (TPSA) is 44.7 Å². The lowest BCUT2D eigenvalue weighted by atomic mass is 10.0. The largest absolute Gasteiger partial charge is 0.353 e. The molecule has 2 heterocycles. The van der Waals surface area contributed by atoms with Gasteiger partial charge in [0, 0.05) is 18.8 Å². The van der Waals surface area contributed by atoms with Crippen LogP contribution >= 0.6 is 11.8 Å². The first-order valence-corrected chi connectivity index (χ1v) is 8.82. The minimum Gasteiger partial charge on any atom is -0.353 e. The normalized spacial score (nSPS) is 25.3. The Balaban J connectivity index is 1.89. The van der Waals surface area contributed by atoms with Gasteiger partial charge in [-0.2, -0.15) is 0 Å². The fourth-order valence-corrected chi connectivity index (χ4v) is 3.75. The molecule has 0 aromatic carbocycles. The third-order valence-electron chi connectivity index (χ3n) is 4.08. The molecule has 1 N–H and O–H groups in total. The van der Waals surface area contributed by atoms with Gasteiger partial charge in [-0.3, -0.25) is 9.79 Å². The number of hydrogen-bond acceptors (Lipinski definition) is 4. The van der Waals surface area contributed by atoms with E-state index < -0.39 is 0 Å². The summed E-state index contributed by atoms with van der Waals surface area (Å²) in [6.07, 6.45) is 4.68. The Labute approximate surface area is 126 Å². The lowest BCUT2D eigenvalue weighted by Gasteiger charge is -2.31. The van der Waals surface area contributed by atoms with Crippen LogP contribution in [0, 0.1) is 5.92 Å². The highest BCUT2D eigenvalue weighted by molar-refractivity contribution is 8.13. The predicted molar refractivity (Wildman–Crippen MR) is 86.2 cm³/mol. The van der Waals surface area contributed by atoms with Crippen molar-refractivity contribution >= 4 is 22.8 Å². The standard InChI is InChI=1S/C15H27N3OS/c1-11(2)13-7-10-20-15(17-13)16-12(3)14(19)18-8-5-4-6-9-18/h11-13H,4-10H2,1-3H3,(H,16,17). The molecule has 2 rings (SSSR count). The number of thioether (sulfide) groups is 1. The van der Waals surface area contributed by atoms with Crippen LogP contribution in [-0.2, 0) is 4.79 Å². The summed E-state index contributed by atoms with van der Waals surface area (Å²) in [4.78, 5) is 19.1. The predicted octanol–water partition coefficient (Wildman–Crippen LogP) is 2.49. The Morgan fingerprint density at radius 3 is 2.65 bits per heavy atom. The zero-order chi connectivity index (χ0) is 14.5. The SMILES string of the molecule is CC(NC1=NC(C(C)C)CCS1)C(=O)N1CCCCC1. The van der Waals surface area contributed by atoms with E-state index in [1.54, 1.807) is 11.8 Å². The second kappa shape index (κ2) is 7.34. The number of aliphatic imine (C=N–C) groups is 1. The summed E-state index contributed by atoms with van der Waals surface area (Å²) >= 11 is 1.74. The van der Waals surface area contributed by atoms with Gasteiger partial charge in [0.25, 0.3) is 0 Å². The maximum absolute atomic E-state index is 12.4. The van der Waals surface area contributed by atoms with Crippen molar-refractivity contribution in [2.75, 3.05) is 18.8 Å². The zero-order valence-corrected chi connectivity index (χ0v) is 13.7. The molecule has 0 spiro atoms. The van der Waals surface area contributed by atoms with Crippen LogP contribution in [0.3, 0.4) is 0 Å². The number of amides is 1. The molecule has 1 fully saturated rings. The van der Waals surface area contributed by atoms with E-state index in [1.165, 1.54) is 6.42 Å². The van der Waals surface area contributed by atoms with Crippen LogP contribution in [0.5, 0.6) is 0 Å². The Morgan fingerprint density at radius 1 is 1.30 bits per heavy atom. The molecular weight excluding hydrogens is 270 g/mol. The molecule has 0 bridgehead atoms. The molecule has 0 radical (unpaired) electrons. The van der Waals surface area contributed by atoms with E-state index in [9.17, 15) is 4.79 Å². The van der Waals surface area contributed by atoms with Crippen LogP contribution in [0.15, 0.2) is 4.99 Å². The Kier molecular flexibility index (Phi) is 5.75. The molecule has 5 heteroatoms. The number of piperidine rings is 1. The molecule has 2 aliphatic rings. The zero-order valence-electron chi connectivity index (χ0n) is 12.9. The van der Waals surface area contributed by atoms with Crippen LogP contribution in [0.1, 0.15) is 46.5 Å². The number of rotatable bonds is 3. The van der Waals surface area contributed by atoms with Crippen molar-refractivity contribution < 1.29 is 4.79 Å². The van der Waals surface area contributed by atoms with Gasteiger partial charge in [-0.05, 0) is 38.5 Å². The summed E-state index contributed by atoms with van der Waals surface area (Å²) in [5.74, 6) is 1.89. The minimum absolute atomic E-state index is 0.162. The van der Waals surface area contributed by atoms with Gasteiger partial charge in [0.05, 0.1) is 6.04 Å². The van der Waals surface area contributed by atoms with Crippen molar-refractivity contribution in [3.05, 3.63) is 0 Å². The molecule has 2 aliphatic heterocycles. The number of hydrogen-bond donors (Lipinski definition) is 1. The van der Waals surface area contributed by atoms with Crippen LogP contribution in [-0.4, -0.2) is 46.9 Å². The van der Waals surface area contributed by atoms with Gasteiger partial charge in [0.2, 0.25) is 5.91 Å². The summed E-state index contributed by atoms with van der Waals surface area (Å²) in [5, 5.41) is 4.27. The van der Waals surface area contributed by atoms with Gasteiger partial charge in [-0.25, -0.2) is 0 Å². The quantitative estimate of drug-likeness (QED) is 0.870. The number of likely N-dealkylation sites (tertiary alicyclic amines) is 1. The van der Waals surface area contributed by atoms with E-state index in [0.29, 0.717) is 12.0 Å². The van der Waals surface area contributed by atoms with Crippen LogP contribution in [0.4, 0.5) is 0 Å². The first kappa shape index (κ1) is 15.7. The highest BCUT2D eigenvalue weighted by Gasteiger charge is 2.25. The molecule has 4 nitrogen and oxygen atoms in total. The molecule has 114 valence electrons. The van der Waals surface area contributed by atoms with Crippen molar-refractivity contribution in [3.63, 3.8) is 0 Å². The molecule has 1 saturated heterocycles. The van der Waals surface area contributed by atoms with E-state index >= 15 is 0 Å². The van der Waals surface area contributed by atoms with Gasteiger partial charge < -0.3 is 10.2 Å². The van der Waals surface area contributed by atoms with Crippen LogP contribution < -0.4 is 5.32 Å². The monoisotopic (exact) mass is 297 g/mol. The molecule has 0 saturated carbocycles. The number of carbonyl (C=O) groups is 1. The Morgan fingerprint density at radius 2 is 2.00 bits per heavy atom. The highest BCUT2D eigenvalue weighted by atomic mass is 32.2. The van der Waals surface area contributed by atoms with E-state index in [-0.39, 0.29) is 11.9 Å². The van der Waals surface area contributed by atoms with Gasteiger partial charge in [0.15, 0.2) is 5.17 Å². The minimum atomic E-state index is -0.162. The second-order valence-corrected chi connectivity index (χ2v) is 7.22. The average Bonchev–Trinajstić information content (AvgIpc) is 2.47. The van der Waals surface area contributed by atoms with Gasteiger partial charge in [0.1, 0.15) is 6.04 Å². The Bertz CT molecular complexity index is 364. The van der Waals surface area contributed by atoms with E-state index in [0.717, 1.165) is 43.3 Å². The number of carbonyl (C=O) groups excluding carboxylic acids is 1. The molecule has 0 aromatic rings. The first-order valence-electron chi connectivity index (χ1n) is 7.84. The van der Waals surface area contributed by atoms with Gasteiger partial charge in [-0.1, -0.05) is 25.6 Å². The molecule has 1 amide bonds. The molecule has 2 unspecified atom stereocenters. The first-order chi connectivity index (χ1) is 9.58. The summed E-state index contributed by atoms with van der Waals surface area (Å²) in [6, 6.07) is 0.237. The molecular formula is C15H27N3OS. The van der Waals surface area contributed by atoms with Crippen molar-refractivity contribution in [1.82, 2.24) is 10.2 Å². The Hall–Kier alpha value is -0.710. The van der Waals surface area contributed by atoms with Crippen molar-refractivity contribution in [3.8, 4) is 0 Å². The fourth-order valence-electron chi connectivity index (χ4n) is 2.73. The van der Waals surface area contributed by atoms with Crippen LogP contribution in [0.2, 0.25) is 0 Å². The third-order valence-corrected chi connectivity index (χ3v) is 5.02. The van der Waals surface area contributed by atoms with Crippen molar-refractivity contribution in [1.29, 1.82) is 0 Å². The van der Waals surface area contributed by atoms with Crippen molar-refractivity contribution in [2.45, 2.75) is 58.5 Å². The average molecular weight is 297 g/mol. The summed E-state index contributed by atoms with van der Waals surface area (Å²) < 4.78 is 0. The lowest BCUT2D eigenvalue weighted by molar-refractivity contribution is -0.133. The third kappa shape index (κ3) is 4.14. The molecule has 0 aliphatic carbocycles. The number of nitrogens with one attached hydrogen (secondary N) is 1.